The molecule has 0 bridgehead atoms. The molecule has 0 rings (SSSR count). The van der Waals surface area contributed by atoms with E-state index in [1.807, 2.05) is 0 Å². The molecule has 0 aliphatic carbocycles. The van der Waals surface area contributed by atoms with Gasteiger partial charge in [-0.2, -0.15) is 0 Å². The second-order valence-corrected chi connectivity index (χ2v) is 9.03. The van der Waals surface area contributed by atoms with Crippen LogP contribution < -0.4 is 0 Å². The first kappa shape index (κ1) is 35.0. The molecule has 7 nitrogen and oxygen atoms in total. The molecule has 36 heavy (non-hydrogen) atoms. The van der Waals surface area contributed by atoms with Crippen molar-refractivity contribution in [2.75, 3.05) is 72.7 Å². The van der Waals surface area contributed by atoms with Crippen LogP contribution in [0.25, 0.3) is 0 Å². The molecule has 0 aromatic heterocycles. The molecule has 0 unspecified atom stereocenters. The molecule has 0 atom stereocenters. The SMILES string of the molecule is C=CCOCCOCCOCCOCCOCCOC(=O)CCCCCCCCCCCCCCC. The molecule has 0 saturated heterocycles. The summed E-state index contributed by atoms with van der Waals surface area (Å²) in [5.74, 6) is -0.122. The summed E-state index contributed by atoms with van der Waals surface area (Å²) in [5, 5.41) is 0. The molecule has 0 radical (unpaired) electrons. The molecule has 0 aliphatic heterocycles. The standard InChI is InChI=1S/C29H56O7/c1-3-5-6-7-8-9-10-11-12-13-14-15-16-17-29(30)36-28-27-35-26-25-34-24-23-33-22-21-32-20-19-31-18-4-2/h4H,2-3,5-28H2,1H3. The van der Waals surface area contributed by atoms with Crippen molar-refractivity contribution in [3.8, 4) is 0 Å². The van der Waals surface area contributed by atoms with Gasteiger partial charge in [0.2, 0.25) is 0 Å². The van der Waals surface area contributed by atoms with Gasteiger partial charge in [-0.25, -0.2) is 0 Å². The Bertz CT molecular complexity index is 445. The van der Waals surface area contributed by atoms with Crippen molar-refractivity contribution in [3.63, 3.8) is 0 Å². The molecule has 0 spiro atoms. The van der Waals surface area contributed by atoms with Gasteiger partial charge < -0.3 is 28.4 Å². The summed E-state index contributed by atoms with van der Waals surface area (Å²) in [5.41, 5.74) is 0. The largest absolute Gasteiger partial charge is 0.463 e. The Morgan fingerprint density at radius 3 is 1.31 bits per heavy atom. The summed E-state index contributed by atoms with van der Waals surface area (Å²) in [6.45, 7) is 11.3. The summed E-state index contributed by atoms with van der Waals surface area (Å²) in [6.07, 6.45) is 19.2. The minimum atomic E-state index is -0.122. The summed E-state index contributed by atoms with van der Waals surface area (Å²) in [7, 11) is 0. The Morgan fingerprint density at radius 1 is 0.528 bits per heavy atom. The van der Waals surface area contributed by atoms with Crippen LogP contribution in [0.5, 0.6) is 0 Å². The Balaban J connectivity index is 3.14. The van der Waals surface area contributed by atoms with E-state index in [0.29, 0.717) is 79.1 Å². The summed E-state index contributed by atoms with van der Waals surface area (Å²) in [4.78, 5) is 11.8. The van der Waals surface area contributed by atoms with Gasteiger partial charge in [0, 0.05) is 6.42 Å². The quantitative estimate of drug-likeness (QED) is 0.0610. The van der Waals surface area contributed by atoms with Crippen LogP contribution in [-0.4, -0.2) is 78.6 Å². The predicted molar refractivity (Wildman–Crippen MR) is 146 cm³/mol. The van der Waals surface area contributed by atoms with Crippen LogP contribution in [0, 0.1) is 0 Å². The molecule has 214 valence electrons. The normalized spacial score (nSPS) is 11.1. The average Bonchev–Trinajstić information content (AvgIpc) is 2.88. The Kier molecular flexibility index (Phi) is 31.2. The van der Waals surface area contributed by atoms with Crippen LogP contribution in [0.4, 0.5) is 0 Å². The molecule has 0 N–H and O–H groups in total. The first-order chi connectivity index (χ1) is 17.8. The minimum absolute atomic E-state index is 0.122. The van der Waals surface area contributed by atoms with Gasteiger partial charge in [0.15, 0.2) is 0 Å². The third kappa shape index (κ3) is 31.0. The lowest BCUT2D eigenvalue weighted by Gasteiger charge is -2.08. The first-order valence-electron chi connectivity index (χ1n) is 14.5. The Labute approximate surface area is 221 Å². The molecule has 0 amide bonds. The zero-order chi connectivity index (χ0) is 26.2. The number of hydrogen-bond donors (Lipinski definition) is 0. The maximum absolute atomic E-state index is 11.8. The molecule has 0 fully saturated rings. The van der Waals surface area contributed by atoms with Crippen molar-refractivity contribution in [1.29, 1.82) is 0 Å². The monoisotopic (exact) mass is 516 g/mol. The van der Waals surface area contributed by atoms with Crippen LogP contribution in [0.15, 0.2) is 12.7 Å². The Morgan fingerprint density at radius 2 is 0.889 bits per heavy atom. The average molecular weight is 517 g/mol. The van der Waals surface area contributed by atoms with E-state index in [0.717, 1.165) is 12.8 Å². The highest BCUT2D eigenvalue weighted by molar-refractivity contribution is 5.69. The first-order valence-corrected chi connectivity index (χ1v) is 14.5. The lowest BCUT2D eigenvalue weighted by atomic mass is 10.0. The van der Waals surface area contributed by atoms with Crippen molar-refractivity contribution in [2.45, 2.75) is 96.8 Å². The summed E-state index contributed by atoms with van der Waals surface area (Å²) in [6, 6.07) is 0. The maximum atomic E-state index is 11.8. The molecular weight excluding hydrogens is 460 g/mol. The number of unbranched alkanes of at least 4 members (excludes halogenated alkanes) is 12. The fourth-order valence-electron chi connectivity index (χ4n) is 3.62. The van der Waals surface area contributed by atoms with Crippen molar-refractivity contribution >= 4 is 5.97 Å². The van der Waals surface area contributed by atoms with Gasteiger partial charge in [-0.3, -0.25) is 4.79 Å². The van der Waals surface area contributed by atoms with E-state index < -0.39 is 0 Å². The van der Waals surface area contributed by atoms with Crippen molar-refractivity contribution < 1.29 is 33.2 Å². The third-order valence-corrected chi connectivity index (χ3v) is 5.70. The van der Waals surface area contributed by atoms with Crippen LogP contribution in [0.2, 0.25) is 0 Å². The van der Waals surface area contributed by atoms with Gasteiger partial charge >= 0.3 is 5.97 Å². The fraction of sp³-hybridized carbons (Fsp3) is 0.897. The summed E-state index contributed by atoms with van der Waals surface area (Å²) >= 11 is 0. The number of hydrogen-bond acceptors (Lipinski definition) is 7. The van der Waals surface area contributed by atoms with Crippen LogP contribution in [0.1, 0.15) is 96.8 Å². The van der Waals surface area contributed by atoms with Gasteiger partial charge in [-0.15, -0.1) is 6.58 Å². The highest BCUT2D eigenvalue weighted by atomic mass is 16.6. The molecule has 0 aromatic rings. The van der Waals surface area contributed by atoms with E-state index in [1.165, 1.54) is 70.6 Å². The number of rotatable bonds is 31. The highest BCUT2D eigenvalue weighted by Gasteiger charge is 2.02. The zero-order valence-corrected chi connectivity index (χ0v) is 23.3. The number of ether oxygens (including phenoxy) is 6. The lowest BCUT2D eigenvalue weighted by molar-refractivity contribution is -0.145. The van der Waals surface area contributed by atoms with E-state index in [9.17, 15) is 4.79 Å². The van der Waals surface area contributed by atoms with E-state index in [-0.39, 0.29) is 5.97 Å². The molecule has 0 aromatic carbocycles. The predicted octanol–water partition coefficient (Wildman–Crippen LogP) is 6.28. The number of esters is 1. The topological polar surface area (TPSA) is 72.5 Å². The third-order valence-electron chi connectivity index (χ3n) is 5.70. The van der Waals surface area contributed by atoms with Crippen LogP contribution >= 0.6 is 0 Å². The Hall–Kier alpha value is -0.990. The number of carbonyl (C=O) groups excluding carboxylic acids is 1. The van der Waals surface area contributed by atoms with E-state index in [1.54, 1.807) is 6.08 Å². The molecular formula is C29H56O7. The van der Waals surface area contributed by atoms with E-state index >= 15 is 0 Å². The lowest BCUT2D eigenvalue weighted by Crippen LogP contribution is -2.15. The van der Waals surface area contributed by atoms with Gasteiger partial charge in [0.1, 0.15) is 6.61 Å². The highest BCUT2D eigenvalue weighted by Crippen LogP contribution is 2.13. The van der Waals surface area contributed by atoms with Gasteiger partial charge in [0.25, 0.3) is 0 Å². The molecule has 0 heterocycles. The van der Waals surface area contributed by atoms with Crippen molar-refractivity contribution in [1.82, 2.24) is 0 Å². The second kappa shape index (κ2) is 32.0. The maximum Gasteiger partial charge on any atom is 0.305 e. The fourth-order valence-corrected chi connectivity index (χ4v) is 3.62. The molecule has 0 aliphatic rings. The molecule has 7 heteroatoms. The van der Waals surface area contributed by atoms with Crippen LogP contribution in [0.3, 0.4) is 0 Å². The summed E-state index contributed by atoms with van der Waals surface area (Å²) < 4.78 is 32.1. The van der Waals surface area contributed by atoms with E-state index in [4.69, 9.17) is 28.4 Å². The second-order valence-electron chi connectivity index (χ2n) is 9.03. The van der Waals surface area contributed by atoms with Gasteiger partial charge in [-0.1, -0.05) is 90.0 Å². The van der Waals surface area contributed by atoms with Crippen LogP contribution in [-0.2, 0) is 33.2 Å². The molecule has 0 saturated carbocycles. The van der Waals surface area contributed by atoms with Crippen molar-refractivity contribution in [3.05, 3.63) is 12.7 Å². The smallest absolute Gasteiger partial charge is 0.305 e. The van der Waals surface area contributed by atoms with Gasteiger partial charge in [-0.05, 0) is 6.42 Å². The minimum Gasteiger partial charge on any atom is -0.463 e. The van der Waals surface area contributed by atoms with E-state index in [2.05, 4.69) is 13.5 Å². The number of carbonyl (C=O) groups is 1. The zero-order valence-electron chi connectivity index (χ0n) is 23.3. The van der Waals surface area contributed by atoms with Gasteiger partial charge in [0.05, 0.1) is 66.1 Å². The van der Waals surface area contributed by atoms with Crippen molar-refractivity contribution in [2.24, 2.45) is 0 Å².